The molecule has 1 saturated carbocycles. The van der Waals surface area contributed by atoms with Crippen molar-refractivity contribution in [1.82, 2.24) is 0 Å². The second kappa shape index (κ2) is 5.25. The summed E-state index contributed by atoms with van der Waals surface area (Å²) >= 11 is 0. The van der Waals surface area contributed by atoms with E-state index in [9.17, 15) is 5.11 Å². The molecule has 108 valence electrons. The van der Waals surface area contributed by atoms with Crippen LogP contribution in [0.5, 0.6) is 0 Å². The van der Waals surface area contributed by atoms with E-state index in [0.717, 1.165) is 29.6 Å². The summed E-state index contributed by atoms with van der Waals surface area (Å²) in [5.74, 6) is 2.46. The molecule has 1 aliphatic carbocycles. The molecule has 1 heterocycles. The normalized spacial score (nSPS) is 28.7. The molecule has 2 heteroatoms. The van der Waals surface area contributed by atoms with Gasteiger partial charge >= 0.3 is 0 Å². The van der Waals surface area contributed by atoms with Gasteiger partial charge in [0.15, 0.2) is 0 Å². The summed E-state index contributed by atoms with van der Waals surface area (Å²) < 4.78 is 5.86. The zero-order valence-electron chi connectivity index (χ0n) is 12.6. The topological polar surface area (TPSA) is 33.4 Å². The van der Waals surface area contributed by atoms with Gasteiger partial charge in [0, 0.05) is 5.39 Å². The van der Waals surface area contributed by atoms with E-state index in [2.05, 4.69) is 26.8 Å². The minimum Gasteiger partial charge on any atom is -0.458 e. The van der Waals surface area contributed by atoms with E-state index in [4.69, 9.17) is 4.42 Å². The Morgan fingerprint density at radius 1 is 1.10 bits per heavy atom. The molecule has 1 aliphatic rings. The molecule has 20 heavy (non-hydrogen) atoms. The third-order valence-electron chi connectivity index (χ3n) is 4.64. The second-order valence-electron chi connectivity index (χ2n) is 6.81. The van der Waals surface area contributed by atoms with Crippen molar-refractivity contribution in [1.29, 1.82) is 0 Å². The van der Waals surface area contributed by atoms with Crippen molar-refractivity contribution < 1.29 is 9.52 Å². The number of hydrogen-bond donors (Lipinski definition) is 1. The highest BCUT2D eigenvalue weighted by molar-refractivity contribution is 5.78. The number of rotatable bonds is 2. The predicted octanol–water partition coefficient (Wildman–Crippen LogP) is 4.85. The van der Waals surface area contributed by atoms with Gasteiger partial charge in [0.2, 0.25) is 0 Å². The lowest BCUT2D eigenvalue weighted by Crippen LogP contribution is -2.24. The highest BCUT2D eigenvalue weighted by Gasteiger charge is 2.31. The summed E-state index contributed by atoms with van der Waals surface area (Å²) in [6, 6.07) is 8.16. The molecular weight excluding hydrogens is 248 g/mol. The van der Waals surface area contributed by atoms with Gasteiger partial charge in [0.1, 0.15) is 17.4 Å². The number of hydrogen-bond acceptors (Lipinski definition) is 2. The lowest BCUT2D eigenvalue weighted by molar-refractivity contribution is 0.0408. The van der Waals surface area contributed by atoms with Crippen LogP contribution in [0, 0.1) is 24.7 Å². The van der Waals surface area contributed by atoms with E-state index >= 15 is 0 Å². The molecule has 3 unspecified atom stereocenters. The third-order valence-corrected chi connectivity index (χ3v) is 4.64. The maximum Gasteiger partial charge on any atom is 0.134 e. The van der Waals surface area contributed by atoms with Gasteiger partial charge in [0.05, 0.1) is 0 Å². The highest BCUT2D eigenvalue weighted by Crippen LogP contribution is 2.40. The van der Waals surface area contributed by atoms with Crippen molar-refractivity contribution in [2.45, 2.75) is 46.1 Å². The molecule has 2 nitrogen and oxygen atoms in total. The first-order chi connectivity index (χ1) is 9.52. The van der Waals surface area contributed by atoms with Crippen LogP contribution >= 0.6 is 0 Å². The molecule has 0 radical (unpaired) electrons. The summed E-state index contributed by atoms with van der Waals surface area (Å²) in [6.07, 6.45) is 3.01. The van der Waals surface area contributed by atoms with Crippen LogP contribution in [0.25, 0.3) is 11.0 Å². The highest BCUT2D eigenvalue weighted by atomic mass is 16.4. The average Bonchev–Trinajstić information content (AvgIpc) is 2.79. The van der Waals surface area contributed by atoms with Gasteiger partial charge in [-0.15, -0.1) is 0 Å². The molecule has 1 fully saturated rings. The monoisotopic (exact) mass is 272 g/mol. The SMILES string of the molecule is Cc1ccc2oc(C(O)C3CC(C)CC(C)C3)cc2c1. The first-order valence-corrected chi connectivity index (χ1v) is 7.71. The van der Waals surface area contributed by atoms with Crippen LogP contribution in [0.4, 0.5) is 0 Å². The number of aliphatic hydroxyl groups excluding tert-OH is 1. The van der Waals surface area contributed by atoms with Crippen LogP contribution in [0.3, 0.4) is 0 Å². The quantitative estimate of drug-likeness (QED) is 0.848. The summed E-state index contributed by atoms with van der Waals surface area (Å²) in [7, 11) is 0. The van der Waals surface area contributed by atoms with Gasteiger partial charge in [-0.2, -0.15) is 0 Å². The fourth-order valence-corrected chi connectivity index (χ4v) is 3.83. The molecule has 3 atom stereocenters. The molecule has 0 spiro atoms. The van der Waals surface area contributed by atoms with Crippen molar-refractivity contribution in [3.8, 4) is 0 Å². The molecule has 2 aromatic rings. The summed E-state index contributed by atoms with van der Waals surface area (Å²) in [4.78, 5) is 0. The number of benzene rings is 1. The van der Waals surface area contributed by atoms with E-state index in [1.165, 1.54) is 12.0 Å². The number of furan rings is 1. The zero-order valence-corrected chi connectivity index (χ0v) is 12.6. The Kier molecular flexibility index (Phi) is 3.59. The van der Waals surface area contributed by atoms with E-state index in [0.29, 0.717) is 17.8 Å². The Balaban J connectivity index is 1.86. The Morgan fingerprint density at radius 2 is 1.80 bits per heavy atom. The Labute approximate surface area is 120 Å². The molecule has 0 aliphatic heterocycles. The summed E-state index contributed by atoms with van der Waals surface area (Å²) in [5, 5.41) is 11.8. The molecule has 3 rings (SSSR count). The van der Waals surface area contributed by atoms with Gasteiger partial charge in [-0.1, -0.05) is 25.5 Å². The van der Waals surface area contributed by atoms with Crippen molar-refractivity contribution in [3.63, 3.8) is 0 Å². The third kappa shape index (κ3) is 2.62. The van der Waals surface area contributed by atoms with E-state index in [1.807, 2.05) is 18.2 Å². The molecule has 1 N–H and O–H groups in total. The number of aryl methyl sites for hydroxylation is 1. The van der Waals surface area contributed by atoms with Gasteiger partial charge in [0.25, 0.3) is 0 Å². The Hall–Kier alpha value is -1.28. The van der Waals surface area contributed by atoms with Crippen molar-refractivity contribution in [3.05, 3.63) is 35.6 Å². The minimum absolute atomic E-state index is 0.329. The lowest BCUT2D eigenvalue weighted by atomic mass is 9.74. The standard InChI is InChI=1S/C18H24O2/c1-11-4-5-16-14(7-11)10-17(20-16)18(19)15-8-12(2)6-13(3)9-15/h4-5,7,10,12-13,15,18-19H,6,8-9H2,1-3H3. The van der Waals surface area contributed by atoms with Gasteiger partial charge in [-0.05, 0) is 62.1 Å². The van der Waals surface area contributed by atoms with Crippen molar-refractivity contribution in [2.75, 3.05) is 0 Å². The first-order valence-electron chi connectivity index (χ1n) is 7.71. The molecular formula is C18H24O2. The average molecular weight is 272 g/mol. The molecule has 0 amide bonds. The molecule has 1 aromatic heterocycles. The van der Waals surface area contributed by atoms with E-state index < -0.39 is 6.10 Å². The van der Waals surface area contributed by atoms with E-state index in [1.54, 1.807) is 0 Å². The molecule has 0 saturated heterocycles. The van der Waals surface area contributed by atoms with E-state index in [-0.39, 0.29) is 0 Å². The summed E-state index contributed by atoms with van der Waals surface area (Å²) in [5.41, 5.74) is 2.10. The first kappa shape index (κ1) is 13.7. The van der Waals surface area contributed by atoms with Crippen LogP contribution in [0.1, 0.15) is 50.5 Å². The van der Waals surface area contributed by atoms with Gasteiger partial charge < -0.3 is 9.52 Å². The predicted molar refractivity (Wildman–Crippen MR) is 81.6 cm³/mol. The maximum absolute atomic E-state index is 10.7. The van der Waals surface area contributed by atoms with Crippen LogP contribution in [0.15, 0.2) is 28.7 Å². The van der Waals surface area contributed by atoms with Crippen LogP contribution < -0.4 is 0 Å². The fourth-order valence-electron chi connectivity index (χ4n) is 3.83. The van der Waals surface area contributed by atoms with Crippen LogP contribution in [0.2, 0.25) is 0 Å². The minimum atomic E-state index is -0.465. The fraction of sp³-hybridized carbons (Fsp3) is 0.556. The molecule has 0 bridgehead atoms. The largest absolute Gasteiger partial charge is 0.458 e. The van der Waals surface area contributed by atoms with Crippen molar-refractivity contribution >= 4 is 11.0 Å². The smallest absolute Gasteiger partial charge is 0.134 e. The number of aliphatic hydroxyl groups is 1. The van der Waals surface area contributed by atoms with Gasteiger partial charge in [-0.3, -0.25) is 0 Å². The van der Waals surface area contributed by atoms with Crippen LogP contribution in [-0.4, -0.2) is 5.11 Å². The van der Waals surface area contributed by atoms with Crippen molar-refractivity contribution in [2.24, 2.45) is 17.8 Å². The number of fused-ring (bicyclic) bond motifs is 1. The molecule has 1 aromatic carbocycles. The second-order valence-corrected chi connectivity index (χ2v) is 6.81. The lowest BCUT2D eigenvalue weighted by Gasteiger charge is -2.33. The van der Waals surface area contributed by atoms with Gasteiger partial charge in [-0.25, -0.2) is 0 Å². The zero-order chi connectivity index (χ0) is 14.3. The maximum atomic E-state index is 10.7. The Bertz CT molecular complexity index is 588. The summed E-state index contributed by atoms with van der Waals surface area (Å²) in [6.45, 7) is 6.65. The van der Waals surface area contributed by atoms with Crippen LogP contribution in [-0.2, 0) is 0 Å². The Morgan fingerprint density at radius 3 is 2.50 bits per heavy atom.